The highest BCUT2D eigenvalue weighted by Gasteiger charge is 2.28. The molecule has 0 unspecified atom stereocenters. The van der Waals surface area contributed by atoms with Crippen LogP contribution < -0.4 is 15.4 Å². The van der Waals surface area contributed by atoms with Crippen LogP contribution in [0.3, 0.4) is 0 Å². The fraction of sp³-hybridized carbons (Fsp3) is 0.438. The molecule has 2 rings (SSSR count). The molecule has 1 aromatic heterocycles. The lowest BCUT2D eigenvalue weighted by molar-refractivity contribution is -0.153. The average molecular weight is 371 g/mol. The zero-order valence-corrected chi connectivity index (χ0v) is 14.4. The second-order valence-corrected chi connectivity index (χ2v) is 5.33. The Bertz CT molecular complexity index is 713. The molecule has 0 amide bonds. The summed E-state index contributed by atoms with van der Waals surface area (Å²) in [4.78, 5) is 8.49. The number of ether oxygens (including phenoxy) is 1. The van der Waals surface area contributed by atoms with E-state index in [9.17, 15) is 13.2 Å². The molecule has 2 N–H and O–H groups in total. The summed E-state index contributed by atoms with van der Waals surface area (Å²) in [6, 6.07) is 6.30. The third-order valence-electron chi connectivity index (χ3n) is 3.07. The number of guanidine groups is 1. The molecule has 10 heteroatoms. The van der Waals surface area contributed by atoms with E-state index in [-0.39, 0.29) is 5.75 Å². The number of rotatable bonds is 7. The van der Waals surface area contributed by atoms with Crippen molar-refractivity contribution in [2.45, 2.75) is 33.1 Å². The predicted molar refractivity (Wildman–Crippen MR) is 88.7 cm³/mol. The van der Waals surface area contributed by atoms with Gasteiger partial charge in [-0.2, -0.15) is 18.2 Å². The number of aromatic nitrogens is 2. The van der Waals surface area contributed by atoms with Gasteiger partial charge in [-0.05, 0) is 31.5 Å². The van der Waals surface area contributed by atoms with Crippen LogP contribution >= 0.6 is 0 Å². The minimum absolute atomic E-state index is 0.159. The molecule has 0 saturated carbocycles. The zero-order valence-electron chi connectivity index (χ0n) is 14.4. The zero-order chi connectivity index (χ0) is 19.0. The topological polar surface area (TPSA) is 84.6 Å². The first-order valence-electron chi connectivity index (χ1n) is 7.95. The van der Waals surface area contributed by atoms with Gasteiger partial charge in [0, 0.05) is 6.54 Å². The molecule has 0 spiro atoms. The van der Waals surface area contributed by atoms with Gasteiger partial charge in [-0.3, -0.25) is 0 Å². The number of halogens is 3. The second kappa shape index (κ2) is 9.07. The van der Waals surface area contributed by atoms with E-state index in [1.165, 1.54) is 12.1 Å². The third kappa shape index (κ3) is 6.99. The Morgan fingerprint density at radius 2 is 1.96 bits per heavy atom. The normalized spacial score (nSPS) is 12.1. The smallest absolute Gasteiger partial charge is 0.422 e. The van der Waals surface area contributed by atoms with Crippen molar-refractivity contribution in [3.8, 4) is 5.75 Å². The van der Waals surface area contributed by atoms with Crippen molar-refractivity contribution in [2.24, 2.45) is 4.99 Å². The van der Waals surface area contributed by atoms with Crippen LogP contribution in [-0.4, -0.2) is 35.4 Å². The molecule has 142 valence electrons. The van der Waals surface area contributed by atoms with Crippen LogP contribution in [0.15, 0.2) is 33.8 Å². The number of aryl methyl sites for hydroxylation is 1. The van der Waals surface area contributed by atoms with E-state index in [1.54, 1.807) is 19.1 Å². The van der Waals surface area contributed by atoms with Gasteiger partial charge >= 0.3 is 6.18 Å². The van der Waals surface area contributed by atoms with Crippen LogP contribution in [0, 0.1) is 6.92 Å². The van der Waals surface area contributed by atoms with Crippen molar-refractivity contribution in [3.05, 3.63) is 41.5 Å². The maximum atomic E-state index is 12.1. The molecule has 1 heterocycles. The van der Waals surface area contributed by atoms with Gasteiger partial charge in [0.15, 0.2) is 18.4 Å². The summed E-state index contributed by atoms with van der Waals surface area (Å²) >= 11 is 0. The van der Waals surface area contributed by atoms with Gasteiger partial charge in [0.1, 0.15) is 5.75 Å². The van der Waals surface area contributed by atoms with Gasteiger partial charge in [0.05, 0.1) is 13.1 Å². The Morgan fingerprint density at radius 3 is 2.54 bits per heavy atom. The molecule has 0 saturated heterocycles. The van der Waals surface area contributed by atoms with E-state index >= 15 is 0 Å². The van der Waals surface area contributed by atoms with Crippen molar-refractivity contribution < 1.29 is 22.4 Å². The Labute approximate surface area is 148 Å². The molecule has 0 fully saturated rings. The van der Waals surface area contributed by atoms with Crippen LogP contribution in [0.5, 0.6) is 5.75 Å². The van der Waals surface area contributed by atoms with E-state index in [2.05, 4.69) is 30.5 Å². The molecule has 0 radical (unpaired) electrons. The molecule has 0 bridgehead atoms. The van der Waals surface area contributed by atoms with Gasteiger partial charge < -0.3 is 19.9 Å². The van der Waals surface area contributed by atoms with Crippen LogP contribution in [0.1, 0.15) is 24.2 Å². The second-order valence-electron chi connectivity index (χ2n) is 5.33. The van der Waals surface area contributed by atoms with Crippen molar-refractivity contribution in [1.29, 1.82) is 0 Å². The Morgan fingerprint density at radius 1 is 1.23 bits per heavy atom. The Kier molecular flexibility index (Phi) is 6.81. The highest BCUT2D eigenvalue weighted by atomic mass is 19.4. The average Bonchev–Trinajstić information content (AvgIpc) is 3.01. The van der Waals surface area contributed by atoms with E-state index in [1.807, 2.05) is 6.92 Å². The van der Waals surface area contributed by atoms with Gasteiger partial charge in [-0.1, -0.05) is 17.3 Å². The maximum absolute atomic E-state index is 12.1. The minimum atomic E-state index is -4.35. The van der Waals surface area contributed by atoms with E-state index in [0.29, 0.717) is 37.3 Å². The maximum Gasteiger partial charge on any atom is 0.422 e. The molecule has 0 aliphatic heterocycles. The molecular formula is C16H20F3N5O2. The van der Waals surface area contributed by atoms with E-state index < -0.39 is 12.8 Å². The van der Waals surface area contributed by atoms with Crippen molar-refractivity contribution in [2.75, 3.05) is 13.2 Å². The first kappa shape index (κ1) is 19.5. The number of hydrogen-bond acceptors (Lipinski definition) is 5. The molecule has 26 heavy (non-hydrogen) atoms. The lowest BCUT2D eigenvalue weighted by Crippen LogP contribution is -2.36. The molecular weight excluding hydrogens is 351 g/mol. The van der Waals surface area contributed by atoms with Crippen molar-refractivity contribution in [3.63, 3.8) is 0 Å². The summed E-state index contributed by atoms with van der Waals surface area (Å²) in [5, 5.41) is 9.84. The molecule has 0 aliphatic carbocycles. The van der Waals surface area contributed by atoms with Gasteiger partial charge in [-0.15, -0.1) is 0 Å². The van der Waals surface area contributed by atoms with Crippen LogP contribution in [0.25, 0.3) is 0 Å². The fourth-order valence-electron chi connectivity index (χ4n) is 1.94. The Balaban J connectivity index is 1.89. The highest BCUT2D eigenvalue weighted by Crippen LogP contribution is 2.19. The number of aliphatic imine (C=N–C) groups is 1. The number of benzene rings is 1. The predicted octanol–water partition coefficient (Wildman–Crippen LogP) is 2.57. The SMILES string of the molecule is CCNC(=NCc1ccc(OCC(F)(F)F)cc1)NCc1nc(C)no1. The highest BCUT2D eigenvalue weighted by molar-refractivity contribution is 5.79. The van der Waals surface area contributed by atoms with E-state index in [0.717, 1.165) is 5.56 Å². The number of hydrogen-bond donors (Lipinski definition) is 2. The molecule has 0 atom stereocenters. The Hall–Kier alpha value is -2.78. The number of nitrogens with one attached hydrogen (secondary N) is 2. The van der Waals surface area contributed by atoms with E-state index in [4.69, 9.17) is 4.52 Å². The largest absolute Gasteiger partial charge is 0.484 e. The first-order valence-corrected chi connectivity index (χ1v) is 7.95. The van der Waals surface area contributed by atoms with Crippen LogP contribution in [0.2, 0.25) is 0 Å². The van der Waals surface area contributed by atoms with Crippen molar-refractivity contribution in [1.82, 2.24) is 20.8 Å². The monoisotopic (exact) mass is 371 g/mol. The standard InChI is InChI=1S/C16H20F3N5O2/c1-3-20-15(22-9-14-23-11(2)24-26-14)21-8-12-4-6-13(7-5-12)25-10-16(17,18)19/h4-7H,3,8-10H2,1-2H3,(H2,20,21,22). The quantitative estimate of drug-likeness (QED) is 0.575. The molecule has 1 aromatic carbocycles. The molecule has 2 aromatic rings. The summed E-state index contributed by atoms with van der Waals surface area (Å²) in [6.45, 7) is 3.69. The van der Waals surface area contributed by atoms with Gasteiger partial charge in [-0.25, -0.2) is 4.99 Å². The minimum Gasteiger partial charge on any atom is -0.484 e. The van der Waals surface area contributed by atoms with Gasteiger partial charge in [0.2, 0.25) is 5.89 Å². The lowest BCUT2D eigenvalue weighted by atomic mass is 10.2. The molecule has 0 aliphatic rings. The van der Waals surface area contributed by atoms with Crippen molar-refractivity contribution >= 4 is 5.96 Å². The first-order chi connectivity index (χ1) is 12.4. The summed E-state index contributed by atoms with van der Waals surface area (Å²) in [7, 11) is 0. The van der Waals surface area contributed by atoms with Crippen LogP contribution in [0.4, 0.5) is 13.2 Å². The van der Waals surface area contributed by atoms with Crippen LogP contribution in [-0.2, 0) is 13.1 Å². The number of alkyl halides is 3. The lowest BCUT2D eigenvalue weighted by Gasteiger charge is -2.10. The summed E-state index contributed by atoms with van der Waals surface area (Å²) in [5.74, 6) is 1.71. The molecule has 7 nitrogen and oxygen atoms in total. The van der Waals surface area contributed by atoms with Gasteiger partial charge in [0.25, 0.3) is 0 Å². The summed E-state index contributed by atoms with van der Waals surface area (Å²) < 4.78 is 46.1. The third-order valence-corrected chi connectivity index (χ3v) is 3.07. The summed E-state index contributed by atoms with van der Waals surface area (Å²) in [6.07, 6.45) is -4.35. The fourth-order valence-corrected chi connectivity index (χ4v) is 1.94. The summed E-state index contributed by atoms with van der Waals surface area (Å²) in [5.41, 5.74) is 0.829. The number of nitrogens with zero attached hydrogens (tertiary/aromatic N) is 3.